The lowest BCUT2D eigenvalue weighted by Crippen LogP contribution is -2.35. The highest BCUT2D eigenvalue weighted by Crippen LogP contribution is 2.30. The van der Waals surface area contributed by atoms with Crippen LogP contribution >= 0.6 is 0 Å². The van der Waals surface area contributed by atoms with Crippen LogP contribution < -0.4 is 15.0 Å². The van der Waals surface area contributed by atoms with Gasteiger partial charge >= 0.3 is 6.03 Å². The fraction of sp³-hybridized carbons (Fsp3) is 0.188. The summed E-state index contributed by atoms with van der Waals surface area (Å²) in [4.78, 5) is 14.2. The molecule has 1 N–H and O–H groups in total. The number of carbonyl (C=O) groups excluding carboxylic acids is 1. The Balaban J connectivity index is 1.84. The first-order valence-corrected chi connectivity index (χ1v) is 6.70. The third-order valence-corrected chi connectivity index (χ3v) is 3.21. The zero-order valence-electron chi connectivity index (χ0n) is 11.1. The van der Waals surface area contributed by atoms with E-state index in [9.17, 15) is 4.79 Å². The fourth-order valence-corrected chi connectivity index (χ4v) is 2.25. The number of hydrogen-bond donors (Lipinski definition) is 1. The number of amides is 2. The summed E-state index contributed by atoms with van der Waals surface area (Å²) in [6.45, 7) is 1.28. The van der Waals surface area contributed by atoms with Crippen LogP contribution in [-0.4, -0.2) is 19.2 Å². The van der Waals surface area contributed by atoms with Crippen molar-refractivity contribution in [1.29, 1.82) is 0 Å². The third kappa shape index (κ3) is 2.59. The molecule has 0 spiro atoms. The highest BCUT2D eigenvalue weighted by Gasteiger charge is 2.21. The largest absolute Gasteiger partial charge is 0.491 e. The molecule has 3 rings (SSSR count). The maximum atomic E-state index is 12.4. The van der Waals surface area contributed by atoms with E-state index in [1.54, 1.807) is 4.90 Å². The number of hydrogen-bond acceptors (Lipinski definition) is 2. The Kier molecular flexibility index (Phi) is 3.54. The van der Waals surface area contributed by atoms with E-state index in [0.717, 1.165) is 23.5 Å². The van der Waals surface area contributed by atoms with Crippen molar-refractivity contribution in [3.8, 4) is 5.75 Å². The predicted octanol–water partition coefficient (Wildman–Crippen LogP) is 3.51. The van der Waals surface area contributed by atoms with Crippen molar-refractivity contribution in [1.82, 2.24) is 0 Å². The summed E-state index contributed by atoms with van der Waals surface area (Å²) in [6, 6.07) is 17.0. The Morgan fingerprint density at radius 1 is 1.05 bits per heavy atom. The normalized spacial score (nSPS) is 13.9. The van der Waals surface area contributed by atoms with Gasteiger partial charge in [-0.25, -0.2) is 4.79 Å². The van der Waals surface area contributed by atoms with E-state index >= 15 is 0 Å². The van der Waals surface area contributed by atoms with Gasteiger partial charge in [-0.1, -0.05) is 30.3 Å². The molecule has 0 bridgehead atoms. The molecular formula is C16H16N2O2. The lowest BCUT2D eigenvalue weighted by Gasteiger charge is -2.22. The highest BCUT2D eigenvalue weighted by molar-refractivity contribution is 6.02. The summed E-state index contributed by atoms with van der Waals surface area (Å²) in [5.41, 5.74) is 1.61. The smallest absolute Gasteiger partial charge is 0.326 e. The number of carbonyl (C=O) groups is 1. The van der Waals surface area contributed by atoms with Gasteiger partial charge in [0.2, 0.25) is 0 Å². The van der Waals surface area contributed by atoms with Gasteiger partial charge in [-0.2, -0.15) is 0 Å². The highest BCUT2D eigenvalue weighted by atomic mass is 16.5. The Hall–Kier alpha value is -2.49. The second kappa shape index (κ2) is 5.65. The monoisotopic (exact) mass is 268 g/mol. The number of anilines is 2. The van der Waals surface area contributed by atoms with Crippen molar-refractivity contribution >= 4 is 17.4 Å². The number of fused-ring (bicyclic) bond motifs is 1. The lowest BCUT2D eigenvalue weighted by molar-refractivity contribution is 0.257. The summed E-state index contributed by atoms with van der Waals surface area (Å²) in [5, 5.41) is 2.91. The predicted molar refractivity (Wildman–Crippen MR) is 79.4 cm³/mol. The second-order valence-corrected chi connectivity index (χ2v) is 4.62. The Morgan fingerprint density at radius 3 is 2.65 bits per heavy atom. The molecule has 0 saturated heterocycles. The second-order valence-electron chi connectivity index (χ2n) is 4.62. The van der Waals surface area contributed by atoms with Crippen LogP contribution in [0.3, 0.4) is 0 Å². The van der Waals surface area contributed by atoms with Crippen molar-refractivity contribution in [3.05, 3.63) is 54.6 Å². The number of benzene rings is 2. The van der Waals surface area contributed by atoms with Crippen LogP contribution in [0.1, 0.15) is 6.42 Å². The summed E-state index contributed by atoms with van der Waals surface area (Å²) < 4.78 is 5.66. The maximum Gasteiger partial charge on any atom is 0.326 e. The molecule has 0 radical (unpaired) electrons. The van der Waals surface area contributed by atoms with E-state index in [1.165, 1.54) is 0 Å². The number of para-hydroxylation sites is 3. The number of nitrogens with one attached hydrogen (secondary N) is 1. The molecule has 0 aliphatic carbocycles. The van der Waals surface area contributed by atoms with Gasteiger partial charge in [0.1, 0.15) is 5.75 Å². The standard InChI is InChI=1S/C16H16N2O2/c19-16(17-13-7-2-1-3-8-13)18-11-6-12-20-15-10-5-4-9-14(15)18/h1-5,7-10H,6,11-12H2,(H,17,19). The van der Waals surface area contributed by atoms with Gasteiger partial charge in [0, 0.05) is 12.2 Å². The van der Waals surface area contributed by atoms with E-state index in [0.29, 0.717) is 13.2 Å². The first kappa shape index (κ1) is 12.5. The van der Waals surface area contributed by atoms with Crippen molar-refractivity contribution in [2.45, 2.75) is 6.42 Å². The van der Waals surface area contributed by atoms with Gasteiger partial charge in [0.05, 0.1) is 12.3 Å². The molecule has 2 aromatic rings. The van der Waals surface area contributed by atoms with Gasteiger partial charge < -0.3 is 10.1 Å². The number of rotatable bonds is 1. The maximum absolute atomic E-state index is 12.4. The first-order valence-electron chi connectivity index (χ1n) is 6.70. The molecule has 1 heterocycles. The fourth-order valence-electron chi connectivity index (χ4n) is 2.25. The molecule has 0 aromatic heterocycles. The Labute approximate surface area is 118 Å². The molecular weight excluding hydrogens is 252 g/mol. The van der Waals surface area contributed by atoms with E-state index in [2.05, 4.69) is 5.32 Å². The zero-order chi connectivity index (χ0) is 13.8. The van der Waals surface area contributed by atoms with Crippen LogP contribution in [0.4, 0.5) is 16.2 Å². The molecule has 2 amide bonds. The van der Waals surface area contributed by atoms with Gasteiger partial charge in [0.25, 0.3) is 0 Å². The molecule has 1 aliphatic heterocycles. The van der Waals surface area contributed by atoms with Crippen LogP contribution in [0.25, 0.3) is 0 Å². The molecule has 0 fully saturated rings. The van der Waals surface area contributed by atoms with E-state index in [4.69, 9.17) is 4.74 Å². The Bertz CT molecular complexity index is 598. The average molecular weight is 268 g/mol. The van der Waals surface area contributed by atoms with Crippen LogP contribution in [0, 0.1) is 0 Å². The molecule has 4 heteroatoms. The first-order chi connectivity index (χ1) is 9.84. The van der Waals surface area contributed by atoms with Crippen molar-refractivity contribution < 1.29 is 9.53 Å². The number of urea groups is 1. The summed E-state index contributed by atoms with van der Waals surface area (Å²) in [5.74, 6) is 0.758. The topological polar surface area (TPSA) is 41.6 Å². The van der Waals surface area contributed by atoms with Crippen molar-refractivity contribution in [3.63, 3.8) is 0 Å². The molecule has 0 unspecified atom stereocenters. The molecule has 0 atom stereocenters. The third-order valence-electron chi connectivity index (χ3n) is 3.21. The van der Waals surface area contributed by atoms with Crippen LogP contribution in [0.2, 0.25) is 0 Å². The summed E-state index contributed by atoms with van der Waals surface area (Å²) in [6.07, 6.45) is 0.816. The van der Waals surface area contributed by atoms with E-state index < -0.39 is 0 Å². The van der Waals surface area contributed by atoms with E-state index in [1.807, 2.05) is 54.6 Å². The SMILES string of the molecule is O=C(Nc1ccccc1)N1CCCOc2ccccc21. The van der Waals surface area contributed by atoms with E-state index in [-0.39, 0.29) is 6.03 Å². The Morgan fingerprint density at radius 2 is 1.80 bits per heavy atom. The average Bonchev–Trinajstić information content (AvgIpc) is 2.70. The van der Waals surface area contributed by atoms with Gasteiger partial charge in [-0.3, -0.25) is 4.90 Å². The molecule has 102 valence electrons. The van der Waals surface area contributed by atoms with Crippen LogP contribution in [-0.2, 0) is 0 Å². The summed E-state index contributed by atoms with van der Waals surface area (Å²) >= 11 is 0. The van der Waals surface area contributed by atoms with Gasteiger partial charge in [0.15, 0.2) is 0 Å². The molecule has 0 saturated carbocycles. The van der Waals surface area contributed by atoms with Gasteiger partial charge in [-0.05, 0) is 30.7 Å². The lowest BCUT2D eigenvalue weighted by atomic mass is 10.2. The molecule has 20 heavy (non-hydrogen) atoms. The zero-order valence-corrected chi connectivity index (χ0v) is 11.1. The minimum atomic E-state index is -0.130. The van der Waals surface area contributed by atoms with Crippen molar-refractivity contribution in [2.75, 3.05) is 23.4 Å². The number of ether oxygens (including phenoxy) is 1. The number of nitrogens with zero attached hydrogens (tertiary/aromatic N) is 1. The molecule has 1 aliphatic rings. The van der Waals surface area contributed by atoms with Crippen LogP contribution in [0.5, 0.6) is 5.75 Å². The van der Waals surface area contributed by atoms with Gasteiger partial charge in [-0.15, -0.1) is 0 Å². The minimum absolute atomic E-state index is 0.130. The molecule has 2 aromatic carbocycles. The minimum Gasteiger partial charge on any atom is -0.491 e. The van der Waals surface area contributed by atoms with Crippen LogP contribution in [0.15, 0.2) is 54.6 Å². The van der Waals surface area contributed by atoms with Crippen molar-refractivity contribution in [2.24, 2.45) is 0 Å². The quantitative estimate of drug-likeness (QED) is 0.860. The summed E-state index contributed by atoms with van der Waals surface area (Å²) in [7, 11) is 0. The molecule has 4 nitrogen and oxygen atoms in total.